The zero-order valence-electron chi connectivity index (χ0n) is 9.80. The molecule has 2 N–H and O–H groups in total. The van der Waals surface area contributed by atoms with Gasteiger partial charge >= 0.3 is 6.09 Å². The Labute approximate surface area is 110 Å². The molecule has 0 saturated heterocycles. The highest BCUT2D eigenvalue weighted by molar-refractivity contribution is 6.35. The summed E-state index contributed by atoms with van der Waals surface area (Å²) in [5, 5.41) is 0.966. The molecule has 94 valence electrons. The highest BCUT2D eigenvalue weighted by atomic mass is 35.5. The first-order chi connectivity index (χ1) is 7.78. The van der Waals surface area contributed by atoms with E-state index in [2.05, 4.69) is 10.9 Å². The lowest BCUT2D eigenvalue weighted by atomic mass is 10.2. The van der Waals surface area contributed by atoms with Crippen LogP contribution in [0.1, 0.15) is 20.8 Å². The summed E-state index contributed by atoms with van der Waals surface area (Å²) in [7, 11) is 0. The van der Waals surface area contributed by atoms with Gasteiger partial charge in [0.1, 0.15) is 5.60 Å². The highest BCUT2D eigenvalue weighted by Gasteiger charge is 2.15. The maximum absolute atomic E-state index is 11.4. The van der Waals surface area contributed by atoms with Gasteiger partial charge in [-0.2, -0.15) is 0 Å². The van der Waals surface area contributed by atoms with Crippen molar-refractivity contribution in [3.8, 4) is 0 Å². The maximum Gasteiger partial charge on any atom is 0.426 e. The van der Waals surface area contributed by atoms with Crippen LogP contribution in [0.25, 0.3) is 0 Å². The van der Waals surface area contributed by atoms with E-state index in [9.17, 15) is 4.79 Å². The molecule has 0 spiro atoms. The van der Waals surface area contributed by atoms with Crippen LogP contribution in [0.2, 0.25) is 10.0 Å². The van der Waals surface area contributed by atoms with Gasteiger partial charge in [0, 0.05) is 5.02 Å². The number of carbonyl (C=O) groups excluding carboxylic acids is 1. The molecular weight excluding hydrogens is 263 g/mol. The number of ether oxygens (including phenoxy) is 1. The Bertz CT molecular complexity index is 416. The number of anilines is 1. The van der Waals surface area contributed by atoms with Crippen molar-refractivity contribution in [3.05, 3.63) is 28.2 Å². The summed E-state index contributed by atoms with van der Waals surface area (Å²) in [5.74, 6) is 0. The Morgan fingerprint density at radius 3 is 2.53 bits per heavy atom. The Morgan fingerprint density at radius 1 is 1.29 bits per heavy atom. The summed E-state index contributed by atoms with van der Waals surface area (Å²) < 4.78 is 5.04. The van der Waals surface area contributed by atoms with E-state index in [0.717, 1.165) is 0 Å². The second kappa shape index (κ2) is 5.47. The number of hydrogen-bond acceptors (Lipinski definition) is 3. The monoisotopic (exact) mass is 276 g/mol. The Hall–Kier alpha value is -1.13. The molecular formula is C11H14Cl2N2O2. The molecule has 0 aromatic heterocycles. The zero-order chi connectivity index (χ0) is 13.1. The Morgan fingerprint density at radius 2 is 1.94 bits per heavy atom. The molecule has 0 heterocycles. The van der Waals surface area contributed by atoms with Crippen LogP contribution in [0, 0.1) is 0 Å². The van der Waals surface area contributed by atoms with Crippen LogP contribution >= 0.6 is 23.2 Å². The first-order valence-electron chi connectivity index (χ1n) is 4.98. The minimum absolute atomic E-state index is 0.449. The van der Waals surface area contributed by atoms with Crippen molar-refractivity contribution < 1.29 is 9.53 Å². The number of nitrogens with one attached hydrogen (secondary N) is 2. The van der Waals surface area contributed by atoms with Gasteiger partial charge in [0.25, 0.3) is 0 Å². The van der Waals surface area contributed by atoms with Crippen molar-refractivity contribution in [2.24, 2.45) is 0 Å². The van der Waals surface area contributed by atoms with Crippen molar-refractivity contribution in [2.75, 3.05) is 5.43 Å². The minimum atomic E-state index is -0.589. The summed E-state index contributed by atoms with van der Waals surface area (Å²) >= 11 is 11.7. The lowest BCUT2D eigenvalue weighted by Crippen LogP contribution is -2.35. The first kappa shape index (κ1) is 13.9. The van der Waals surface area contributed by atoms with E-state index in [1.807, 2.05) is 0 Å². The van der Waals surface area contributed by atoms with Gasteiger partial charge < -0.3 is 4.74 Å². The van der Waals surface area contributed by atoms with Crippen molar-refractivity contribution in [1.82, 2.24) is 5.43 Å². The molecule has 1 aromatic rings. The number of hydrazine groups is 1. The summed E-state index contributed by atoms with van der Waals surface area (Å²) in [6.07, 6.45) is -0.589. The fourth-order valence-electron chi connectivity index (χ4n) is 1.02. The third-order valence-electron chi connectivity index (χ3n) is 1.63. The van der Waals surface area contributed by atoms with E-state index in [-0.39, 0.29) is 0 Å². The van der Waals surface area contributed by atoms with Crippen molar-refractivity contribution >= 4 is 35.0 Å². The number of halogens is 2. The van der Waals surface area contributed by atoms with Crippen LogP contribution in [0.4, 0.5) is 10.5 Å². The second-order valence-electron chi connectivity index (χ2n) is 4.38. The van der Waals surface area contributed by atoms with Crippen LogP contribution < -0.4 is 10.9 Å². The lowest BCUT2D eigenvalue weighted by Gasteiger charge is -2.20. The predicted molar refractivity (Wildman–Crippen MR) is 69.5 cm³/mol. The van der Waals surface area contributed by atoms with Gasteiger partial charge in [-0.05, 0) is 39.0 Å². The average Bonchev–Trinajstić information content (AvgIpc) is 2.17. The van der Waals surface area contributed by atoms with E-state index < -0.39 is 11.7 Å². The molecule has 0 aliphatic carbocycles. The first-order valence-corrected chi connectivity index (χ1v) is 5.73. The quantitative estimate of drug-likeness (QED) is 0.807. The van der Waals surface area contributed by atoms with Gasteiger partial charge in [-0.15, -0.1) is 0 Å². The fraction of sp³-hybridized carbons (Fsp3) is 0.364. The van der Waals surface area contributed by atoms with Crippen molar-refractivity contribution in [3.63, 3.8) is 0 Å². The molecule has 0 bridgehead atoms. The van der Waals surface area contributed by atoms with Crippen LogP contribution in [-0.4, -0.2) is 11.7 Å². The summed E-state index contributed by atoms with van der Waals surface area (Å²) in [6, 6.07) is 4.88. The maximum atomic E-state index is 11.4. The van der Waals surface area contributed by atoms with Crippen molar-refractivity contribution in [2.45, 2.75) is 26.4 Å². The molecule has 0 atom stereocenters. The number of benzene rings is 1. The minimum Gasteiger partial charge on any atom is -0.443 e. The van der Waals surface area contributed by atoms with E-state index in [1.54, 1.807) is 39.0 Å². The average molecular weight is 277 g/mol. The van der Waals surface area contributed by atoms with Gasteiger partial charge in [-0.25, -0.2) is 10.2 Å². The largest absolute Gasteiger partial charge is 0.443 e. The van der Waals surface area contributed by atoms with Crippen LogP contribution in [0.15, 0.2) is 18.2 Å². The van der Waals surface area contributed by atoms with Crippen LogP contribution in [0.5, 0.6) is 0 Å². The normalized spacial score (nSPS) is 10.9. The third-order valence-corrected chi connectivity index (χ3v) is 2.19. The van der Waals surface area contributed by atoms with Gasteiger partial charge in [-0.3, -0.25) is 5.43 Å². The lowest BCUT2D eigenvalue weighted by molar-refractivity contribution is 0.0541. The molecule has 0 radical (unpaired) electrons. The summed E-state index contributed by atoms with van der Waals surface area (Å²) in [4.78, 5) is 11.4. The number of carbonyl (C=O) groups is 1. The van der Waals surface area contributed by atoms with Gasteiger partial charge in [0.2, 0.25) is 0 Å². The second-order valence-corrected chi connectivity index (χ2v) is 5.22. The summed E-state index contributed by atoms with van der Waals surface area (Å²) in [6.45, 7) is 5.33. The standard InChI is InChI=1S/C11H14Cl2N2O2/c1-11(2,3)17-10(16)15-14-9-6-7(12)4-5-8(9)13/h4-6,14H,1-3H3,(H,15,16). The third kappa shape index (κ3) is 5.15. The molecule has 1 aromatic carbocycles. The van der Waals surface area contributed by atoms with E-state index >= 15 is 0 Å². The van der Waals surface area contributed by atoms with Crippen molar-refractivity contribution in [1.29, 1.82) is 0 Å². The smallest absolute Gasteiger partial charge is 0.426 e. The van der Waals surface area contributed by atoms with E-state index in [4.69, 9.17) is 27.9 Å². The summed E-state index contributed by atoms with van der Waals surface area (Å²) in [5.41, 5.74) is 4.96. The zero-order valence-corrected chi connectivity index (χ0v) is 11.3. The molecule has 17 heavy (non-hydrogen) atoms. The molecule has 4 nitrogen and oxygen atoms in total. The molecule has 0 fully saturated rings. The molecule has 0 unspecified atom stereocenters. The fourth-order valence-corrected chi connectivity index (χ4v) is 1.35. The van der Waals surface area contributed by atoms with Gasteiger partial charge in [-0.1, -0.05) is 23.2 Å². The van der Waals surface area contributed by atoms with E-state index in [1.165, 1.54) is 0 Å². The number of amides is 1. The molecule has 1 amide bonds. The number of rotatable bonds is 2. The number of hydrogen-bond donors (Lipinski definition) is 2. The van der Waals surface area contributed by atoms with Crippen LogP contribution in [0.3, 0.4) is 0 Å². The SMILES string of the molecule is CC(C)(C)OC(=O)NNc1cc(Cl)ccc1Cl. The molecule has 0 aliphatic heterocycles. The molecule has 0 aliphatic rings. The predicted octanol–water partition coefficient (Wildman–Crippen LogP) is 3.85. The van der Waals surface area contributed by atoms with E-state index in [0.29, 0.717) is 15.7 Å². The highest BCUT2D eigenvalue weighted by Crippen LogP contribution is 2.24. The Balaban J connectivity index is 2.56. The molecule has 1 rings (SSSR count). The Kier molecular flexibility index (Phi) is 4.48. The van der Waals surface area contributed by atoms with Crippen LogP contribution in [-0.2, 0) is 4.74 Å². The molecule has 0 saturated carbocycles. The van der Waals surface area contributed by atoms with Gasteiger partial charge in [0.05, 0.1) is 10.7 Å². The topological polar surface area (TPSA) is 50.4 Å². The van der Waals surface area contributed by atoms with Gasteiger partial charge in [0.15, 0.2) is 0 Å². The molecule has 6 heteroatoms.